The lowest BCUT2D eigenvalue weighted by Crippen LogP contribution is -2.56. The van der Waals surface area contributed by atoms with Gasteiger partial charge < -0.3 is 15.3 Å². The van der Waals surface area contributed by atoms with E-state index in [0.717, 1.165) is 0 Å². The molecule has 0 aromatic carbocycles. The van der Waals surface area contributed by atoms with E-state index in [0.29, 0.717) is 0 Å². The summed E-state index contributed by atoms with van der Waals surface area (Å²) in [5, 5.41) is 28.9. The van der Waals surface area contributed by atoms with Crippen LogP contribution in [0.3, 0.4) is 0 Å². The van der Waals surface area contributed by atoms with E-state index in [-0.39, 0.29) is 13.0 Å². The second kappa shape index (κ2) is 3.44. The molecule has 4 N–H and O–H groups in total. The van der Waals surface area contributed by atoms with Gasteiger partial charge in [0.1, 0.15) is 18.5 Å². The van der Waals surface area contributed by atoms with Crippen LogP contribution in [0.4, 0.5) is 4.39 Å². The van der Waals surface area contributed by atoms with E-state index in [1.807, 2.05) is 0 Å². The number of alkyl halides is 1. The average molecular weight is 165 g/mol. The Morgan fingerprint density at radius 1 is 1.45 bits per heavy atom. The summed E-state index contributed by atoms with van der Waals surface area (Å²) < 4.78 is 12.7. The summed E-state index contributed by atoms with van der Waals surface area (Å²) in [5.74, 6) is 0. The number of piperidine rings is 1. The van der Waals surface area contributed by atoms with Crippen LogP contribution in [0.1, 0.15) is 6.42 Å². The van der Waals surface area contributed by atoms with E-state index in [2.05, 4.69) is 5.32 Å². The molecular formula is C6H12FNO3. The molecular weight excluding hydrogens is 153 g/mol. The minimum atomic E-state index is -1.46. The first-order chi connectivity index (χ1) is 5.15. The topological polar surface area (TPSA) is 72.7 Å². The molecule has 0 saturated carbocycles. The Morgan fingerprint density at radius 2 is 2.09 bits per heavy atom. The number of hydrogen-bond acceptors (Lipinski definition) is 4. The molecule has 1 aliphatic rings. The Labute approximate surface area is 63.7 Å². The molecule has 4 nitrogen and oxygen atoms in total. The summed E-state index contributed by atoms with van der Waals surface area (Å²) in [6.07, 6.45) is -4.06. The van der Waals surface area contributed by atoms with Crippen molar-refractivity contribution in [3.05, 3.63) is 0 Å². The van der Waals surface area contributed by atoms with Crippen LogP contribution in [-0.4, -0.2) is 46.5 Å². The highest BCUT2D eigenvalue weighted by atomic mass is 19.1. The maximum atomic E-state index is 12.7. The van der Waals surface area contributed by atoms with E-state index >= 15 is 0 Å². The highest BCUT2D eigenvalue weighted by molar-refractivity contribution is 4.86. The van der Waals surface area contributed by atoms with Gasteiger partial charge in [-0.2, -0.15) is 0 Å². The minimum absolute atomic E-state index is 0.0364. The van der Waals surface area contributed by atoms with Crippen molar-refractivity contribution in [2.75, 3.05) is 6.61 Å². The molecule has 1 heterocycles. The molecule has 66 valence electrons. The maximum Gasteiger partial charge on any atom is 0.134 e. The summed E-state index contributed by atoms with van der Waals surface area (Å²) in [7, 11) is 0. The molecule has 1 rings (SSSR count). The van der Waals surface area contributed by atoms with E-state index in [1.165, 1.54) is 0 Å². The lowest BCUT2D eigenvalue weighted by Gasteiger charge is -2.33. The fraction of sp³-hybridized carbons (Fsp3) is 1.00. The predicted octanol–water partition coefficient (Wildman–Crippen LogP) is -1.64. The molecule has 11 heavy (non-hydrogen) atoms. The summed E-state index contributed by atoms with van der Waals surface area (Å²) in [6, 6.07) is -0.455. The molecule has 1 saturated heterocycles. The van der Waals surface area contributed by atoms with Crippen LogP contribution in [-0.2, 0) is 0 Å². The largest absolute Gasteiger partial charge is 0.395 e. The van der Waals surface area contributed by atoms with Crippen molar-refractivity contribution in [3.8, 4) is 0 Å². The molecule has 0 aromatic heterocycles. The van der Waals surface area contributed by atoms with Gasteiger partial charge in [-0.15, -0.1) is 0 Å². The van der Waals surface area contributed by atoms with Crippen LogP contribution in [0.15, 0.2) is 0 Å². The zero-order valence-electron chi connectivity index (χ0n) is 5.94. The second-order valence-electron chi connectivity index (χ2n) is 2.73. The Kier molecular flexibility index (Phi) is 2.78. The molecule has 1 aliphatic heterocycles. The second-order valence-corrected chi connectivity index (χ2v) is 2.73. The number of aliphatic hydroxyl groups excluding tert-OH is 3. The maximum absolute atomic E-state index is 12.7. The van der Waals surface area contributed by atoms with Gasteiger partial charge in [0.15, 0.2) is 0 Å². The highest BCUT2D eigenvalue weighted by Gasteiger charge is 2.34. The van der Waals surface area contributed by atoms with Gasteiger partial charge in [0, 0.05) is 6.04 Å². The van der Waals surface area contributed by atoms with E-state index in [4.69, 9.17) is 15.3 Å². The number of halogens is 1. The molecule has 0 aromatic rings. The van der Waals surface area contributed by atoms with Crippen LogP contribution in [0.2, 0.25) is 0 Å². The first-order valence-electron chi connectivity index (χ1n) is 3.52. The SMILES string of the molecule is OC[C@@H]1CC(F)[C@@H](O)C(O)N1. The summed E-state index contributed by atoms with van der Waals surface area (Å²) >= 11 is 0. The van der Waals surface area contributed by atoms with Gasteiger partial charge in [0.25, 0.3) is 0 Å². The summed E-state index contributed by atoms with van der Waals surface area (Å²) in [5.41, 5.74) is 0. The van der Waals surface area contributed by atoms with Crippen molar-refractivity contribution in [2.24, 2.45) is 0 Å². The number of aliphatic hydroxyl groups is 3. The van der Waals surface area contributed by atoms with Crippen molar-refractivity contribution in [3.63, 3.8) is 0 Å². The first-order valence-corrected chi connectivity index (χ1v) is 3.52. The molecule has 4 atom stereocenters. The van der Waals surface area contributed by atoms with Crippen LogP contribution in [0.5, 0.6) is 0 Å². The smallest absolute Gasteiger partial charge is 0.134 e. The molecule has 5 heteroatoms. The molecule has 0 amide bonds. The first kappa shape index (κ1) is 8.86. The fourth-order valence-electron chi connectivity index (χ4n) is 1.14. The Hall–Kier alpha value is -0.230. The monoisotopic (exact) mass is 165 g/mol. The van der Waals surface area contributed by atoms with Crippen LogP contribution in [0, 0.1) is 0 Å². The van der Waals surface area contributed by atoms with Crippen LogP contribution < -0.4 is 5.32 Å². The lowest BCUT2D eigenvalue weighted by molar-refractivity contribution is -0.0838. The molecule has 2 unspecified atom stereocenters. The summed E-state index contributed by atoms with van der Waals surface area (Å²) in [4.78, 5) is 0. The standard InChI is InChI=1S/C6H12FNO3/c7-4-1-3(2-9)8-6(11)5(4)10/h3-6,8-11H,1-2H2/t3-,4?,5+,6?/m0/s1. The quantitative estimate of drug-likeness (QED) is 0.376. The van der Waals surface area contributed by atoms with Crippen LogP contribution in [0.25, 0.3) is 0 Å². The van der Waals surface area contributed by atoms with Gasteiger partial charge in [-0.05, 0) is 6.42 Å². The van der Waals surface area contributed by atoms with E-state index in [9.17, 15) is 4.39 Å². The highest BCUT2D eigenvalue weighted by Crippen LogP contribution is 2.15. The number of nitrogens with one attached hydrogen (secondary N) is 1. The van der Waals surface area contributed by atoms with Gasteiger partial charge in [-0.1, -0.05) is 0 Å². The molecule has 0 radical (unpaired) electrons. The molecule has 1 fully saturated rings. The molecule has 0 bridgehead atoms. The van der Waals surface area contributed by atoms with Crippen molar-refractivity contribution < 1.29 is 19.7 Å². The third kappa shape index (κ3) is 1.87. The molecule has 0 spiro atoms. The van der Waals surface area contributed by atoms with Gasteiger partial charge in [0.05, 0.1) is 6.61 Å². The van der Waals surface area contributed by atoms with Gasteiger partial charge in [-0.25, -0.2) is 4.39 Å². The zero-order chi connectivity index (χ0) is 8.43. The average Bonchev–Trinajstić information content (AvgIpc) is 1.99. The van der Waals surface area contributed by atoms with E-state index in [1.54, 1.807) is 0 Å². The van der Waals surface area contributed by atoms with Crippen LogP contribution >= 0.6 is 0 Å². The van der Waals surface area contributed by atoms with Crippen molar-refractivity contribution in [1.29, 1.82) is 0 Å². The number of rotatable bonds is 1. The number of hydrogen-bond donors (Lipinski definition) is 4. The summed E-state index contributed by atoms with van der Waals surface area (Å²) in [6.45, 7) is -0.232. The minimum Gasteiger partial charge on any atom is -0.395 e. The Bertz CT molecular complexity index is 123. The third-order valence-electron chi connectivity index (χ3n) is 1.83. The molecule has 0 aliphatic carbocycles. The predicted molar refractivity (Wildman–Crippen MR) is 35.5 cm³/mol. The third-order valence-corrected chi connectivity index (χ3v) is 1.83. The van der Waals surface area contributed by atoms with Gasteiger partial charge in [-0.3, -0.25) is 5.32 Å². The van der Waals surface area contributed by atoms with Gasteiger partial charge in [0.2, 0.25) is 0 Å². The normalized spacial score (nSPS) is 45.8. The van der Waals surface area contributed by atoms with Gasteiger partial charge >= 0.3 is 0 Å². The lowest BCUT2D eigenvalue weighted by atomic mass is 10.00. The van der Waals surface area contributed by atoms with Crippen molar-refractivity contribution in [2.45, 2.75) is 31.0 Å². The van der Waals surface area contributed by atoms with E-state index < -0.39 is 24.5 Å². The van der Waals surface area contributed by atoms with Crippen molar-refractivity contribution in [1.82, 2.24) is 5.32 Å². The Morgan fingerprint density at radius 3 is 2.55 bits per heavy atom. The fourth-order valence-corrected chi connectivity index (χ4v) is 1.14. The zero-order valence-corrected chi connectivity index (χ0v) is 5.94. The Balaban J connectivity index is 2.47. The van der Waals surface area contributed by atoms with Crippen molar-refractivity contribution >= 4 is 0 Å².